The summed E-state index contributed by atoms with van der Waals surface area (Å²) in [6, 6.07) is 7.07. The second-order valence-corrected chi connectivity index (χ2v) is 4.55. The molecule has 1 unspecified atom stereocenters. The van der Waals surface area contributed by atoms with Gasteiger partial charge in [0.25, 0.3) is 5.91 Å². The number of amides is 3. The number of carbonyl (C=O) groups is 2. The lowest BCUT2D eigenvalue weighted by Crippen LogP contribution is -2.50. The number of likely N-dealkylation sites (N-methyl/N-ethyl adjacent to an activating group) is 1. The molecule has 0 bridgehead atoms. The van der Waals surface area contributed by atoms with E-state index in [0.29, 0.717) is 5.75 Å². The average molecular weight is 263 g/mol. The van der Waals surface area contributed by atoms with Crippen LogP contribution in [0.3, 0.4) is 0 Å². The average Bonchev–Trinajstić information content (AvgIpc) is 2.40. The number of hydrogen-bond acceptors (Lipinski definition) is 3. The van der Waals surface area contributed by atoms with Crippen molar-refractivity contribution in [3.8, 4) is 5.75 Å². The van der Waals surface area contributed by atoms with Crippen molar-refractivity contribution in [2.24, 2.45) is 0 Å². The topological polar surface area (TPSA) is 61.9 Å². The molecule has 1 aliphatic heterocycles. The van der Waals surface area contributed by atoms with Gasteiger partial charge in [-0.25, -0.2) is 4.79 Å². The maximum Gasteiger partial charge on any atom is 0.317 e. The van der Waals surface area contributed by atoms with Gasteiger partial charge in [-0.3, -0.25) is 4.79 Å². The quantitative estimate of drug-likeness (QED) is 0.853. The van der Waals surface area contributed by atoms with E-state index >= 15 is 0 Å². The fraction of sp³-hybridized carbons (Fsp3) is 0.385. The molecule has 0 saturated heterocycles. The highest BCUT2D eigenvalue weighted by atomic mass is 16.5. The van der Waals surface area contributed by atoms with Crippen molar-refractivity contribution in [3.05, 3.63) is 24.3 Å². The minimum absolute atomic E-state index is 0.147. The van der Waals surface area contributed by atoms with E-state index < -0.39 is 6.10 Å². The molecule has 0 fully saturated rings. The maximum absolute atomic E-state index is 12.1. The predicted molar refractivity (Wildman–Crippen MR) is 71.4 cm³/mol. The molecule has 6 heteroatoms. The van der Waals surface area contributed by atoms with Gasteiger partial charge in [0.05, 0.1) is 12.2 Å². The van der Waals surface area contributed by atoms with E-state index in [4.69, 9.17) is 4.74 Å². The van der Waals surface area contributed by atoms with Gasteiger partial charge in [0.2, 0.25) is 0 Å². The summed E-state index contributed by atoms with van der Waals surface area (Å²) in [4.78, 5) is 26.5. The molecule has 1 heterocycles. The lowest BCUT2D eigenvalue weighted by molar-refractivity contribution is -0.125. The number of fused-ring (bicyclic) bond motifs is 1. The SMILES string of the molecule is CN(C)C(=O)NCC1Oc2ccccc2N(C)C1=O. The molecule has 1 aliphatic rings. The number of nitrogens with one attached hydrogen (secondary N) is 1. The number of ether oxygens (including phenoxy) is 1. The Kier molecular flexibility index (Phi) is 3.59. The Hall–Kier alpha value is -2.24. The highest BCUT2D eigenvalue weighted by Crippen LogP contribution is 2.32. The largest absolute Gasteiger partial charge is 0.477 e. The van der Waals surface area contributed by atoms with Crippen LogP contribution in [0, 0.1) is 0 Å². The summed E-state index contributed by atoms with van der Waals surface area (Å²) in [7, 11) is 4.98. The lowest BCUT2D eigenvalue weighted by Gasteiger charge is -2.32. The van der Waals surface area contributed by atoms with Crippen molar-refractivity contribution in [2.45, 2.75) is 6.10 Å². The molecule has 102 valence electrons. The van der Waals surface area contributed by atoms with E-state index in [9.17, 15) is 9.59 Å². The van der Waals surface area contributed by atoms with Crippen LogP contribution in [-0.4, -0.2) is 50.6 Å². The Balaban J connectivity index is 2.09. The first-order valence-electron chi connectivity index (χ1n) is 5.99. The van der Waals surface area contributed by atoms with E-state index in [-0.39, 0.29) is 18.5 Å². The molecule has 0 aliphatic carbocycles. The van der Waals surface area contributed by atoms with Crippen molar-refractivity contribution in [2.75, 3.05) is 32.6 Å². The first kappa shape index (κ1) is 13.2. The number of urea groups is 1. The Labute approximate surface area is 111 Å². The smallest absolute Gasteiger partial charge is 0.317 e. The Morgan fingerprint density at radius 1 is 1.42 bits per heavy atom. The second-order valence-electron chi connectivity index (χ2n) is 4.55. The zero-order chi connectivity index (χ0) is 14.0. The van der Waals surface area contributed by atoms with Gasteiger partial charge in [0.15, 0.2) is 6.10 Å². The fourth-order valence-corrected chi connectivity index (χ4v) is 1.84. The van der Waals surface area contributed by atoms with Crippen LogP contribution in [-0.2, 0) is 4.79 Å². The van der Waals surface area contributed by atoms with Crippen LogP contribution in [0.5, 0.6) is 5.75 Å². The molecular formula is C13H17N3O3. The monoisotopic (exact) mass is 263 g/mol. The van der Waals surface area contributed by atoms with Crippen LogP contribution in [0.15, 0.2) is 24.3 Å². The minimum atomic E-state index is -0.691. The van der Waals surface area contributed by atoms with Crippen LogP contribution in [0.1, 0.15) is 0 Å². The highest BCUT2D eigenvalue weighted by Gasteiger charge is 2.32. The highest BCUT2D eigenvalue weighted by molar-refractivity contribution is 5.99. The molecule has 0 saturated carbocycles. The zero-order valence-electron chi connectivity index (χ0n) is 11.2. The minimum Gasteiger partial charge on any atom is -0.477 e. The number of hydrogen-bond donors (Lipinski definition) is 1. The Morgan fingerprint density at radius 3 is 2.79 bits per heavy atom. The summed E-state index contributed by atoms with van der Waals surface area (Å²) in [5.41, 5.74) is 0.739. The van der Waals surface area contributed by atoms with E-state index in [2.05, 4.69) is 5.32 Å². The van der Waals surface area contributed by atoms with Crippen molar-refractivity contribution in [1.82, 2.24) is 10.2 Å². The van der Waals surface area contributed by atoms with E-state index in [0.717, 1.165) is 5.69 Å². The van der Waals surface area contributed by atoms with Crippen molar-refractivity contribution < 1.29 is 14.3 Å². The van der Waals surface area contributed by atoms with Gasteiger partial charge in [-0.1, -0.05) is 12.1 Å². The van der Waals surface area contributed by atoms with E-state index in [1.807, 2.05) is 18.2 Å². The third-order valence-corrected chi connectivity index (χ3v) is 2.95. The zero-order valence-corrected chi connectivity index (χ0v) is 11.2. The standard InChI is InChI=1S/C13H17N3O3/c1-15(2)13(18)14-8-11-12(17)16(3)9-6-4-5-7-10(9)19-11/h4-7,11H,8H2,1-3H3,(H,14,18). The second kappa shape index (κ2) is 5.17. The number of anilines is 1. The van der Waals surface area contributed by atoms with Gasteiger partial charge in [-0.15, -0.1) is 0 Å². The first-order chi connectivity index (χ1) is 9.00. The molecule has 0 radical (unpaired) electrons. The molecule has 1 atom stereocenters. The summed E-state index contributed by atoms with van der Waals surface area (Å²) in [6.07, 6.45) is -0.691. The third-order valence-electron chi connectivity index (χ3n) is 2.95. The summed E-state index contributed by atoms with van der Waals surface area (Å²) in [5, 5.41) is 2.65. The molecule has 0 aromatic heterocycles. The van der Waals surface area contributed by atoms with E-state index in [1.165, 1.54) is 4.90 Å². The van der Waals surface area contributed by atoms with Gasteiger partial charge in [-0.05, 0) is 12.1 Å². The number of rotatable bonds is 2. The summed E-state index contributed by atoms with van der Waals surface area (Å²) < 4.78 is 5.62. The molecule has 1 aromatic carbocycles. The van der Waals surface area contributed by atoms with Gasteiger partial charge in [-0.2, -0.15) is 0 Å². The third kappa shape index (κ3) is 2.62. The van der Waals surface area contributed by atoms with Crippen LogP contribution in [0.4, 0.5) is 10.5 Å². The van der Waals surface area contributed by atoms with Crippen molar-refractivity contribution in [1.29, 1.82) is 0 Å². The van der Waals surface area contributed by atoms with E-state index in [1.54, 1.807) is 32.1 Å². The molecular weight excluding hydrogens is 246 g/mol. The normalized spacial score (nSPS) is 17.5. The van der Waals surface area contributed by atoms with Gasteiger partial charge < -0.3 is 19.9 Å². The molecule has 6 nitrogen and oxygen atoms in total. The van der Waals surface area contributed by atoms with Gasteiger partial charge >= 0.3 is 6.03 Å². The van der Waals surface area contributed by atoms with Crippen LogP contribution >= 0.6 is 0 Å². The number of nitrogens with zero attached hydrogens (tertiary/aromatic N) is 2. The Bertz CT molecular complexity index is 502. The Morgan fingerprint density at radius 2 is 2.11 bits per heavy atom. The lowest BCUT2D eigenvalue weighted by atomic mass is 10.2. The molecule has 3 amide bonds. The van der Waals surface area contributed by atoms with Gasteiger partial charge in [0, 0.05) is 21.1 Å². The molecule has 2 rings (SSSR count). The summed E-state index contributed by atoms with van der Waals surface area (Å²) in [6.45, 7) is 0.147. The van der Waals surface area contributed by atoms with Gasteiger partial charge in [0.1, 0.15) is 5.75 Å². The first-order valence-corrected chi connectivity index (χ1v) is 5.99. The van der Waals surface area contributed by atoms with Crippen LogP contribution < -0.4 is 15.0 Å². The molecule has 0 spiro atoms. The molecule has 1 aromatic rings. The fourth-order valence-electron chi connectivity index (χ4n) is 1.84. The summed E-state index contributed by atoms with van der Waals surface area (Å²) in [5.74, 6) is 0.478. The van der Waals surface area contributed by atoms with Crippen LogP contribution in [0.2, 0.25) is 0 Å². The van der Waals surface area contributed by atoms with Crippen molar-refractivity contribution in [3.63, 3.8) is 0 Å². The van der Waals surface area contributed by atoms with Crippen LogP contribution in [0.25, 0.3) is 0 Å². The number of carbonyl (C=O) groups excluding carboxylic acids is 2. The number of para-hydroxylation sites is 2. The predicted octanol–water partition coefficient (Wildman–Crippen LogP) is 0.682. The maximum atomic E-state index is 12.1. The number of benzene rings is 1. The van der Waals surface area contributed by atoms with Crippen molar-refractivity contribution >= 4 is 17.6 Å². The summed E-state index contributed by atoms with van der Waals surface area (Å²) >= 11 is 0. The molecule has 1 N–H and O–H groups in total. The molecule has 19 heavy (non-hydrogen) atoms.